The molecule has 0 fully saturated rings. The summed E-state index contributed by atoms with van der Waals surface area (Å²) in [5, 5.41) is 5.62. The molecular formula is C20H25N3O3. The number of carbonyl (C=O) groups is 2. The number of pyridine rings is 1. The van der Waals surface area contributed by atoms with E-state index in [4.69, 9.17) is 4.74 Å². The zero-order valence-electron chi connectivity index (χ0n) is 15.2. The van der Waals surface area contributed by atoms with Gasteiger partial charge in [0.25, 0.3) is 11.8 Å². The summed E-state index contributed by atoms with van der Waals surface area (Å²) in [5.41, 5.74) is 1.25. The number of carbonyl (C=O) groups excluding carboxylic acids is 2. The summed E-state index contributed by atoms with van der Waals surface area (Å²) in [7, 11) is 0. The number of benzene rings is 1. The van der Waals surface area contributed by atoms with Crippen molar-refractivity contribution in [1.29, 1.82) is 0 Å². The van der Waals surface area contributed by atoms with Crippen molar-refractivity contribution in [2.75, 3.05) is 18.5 Å². The third-order valence-corrected chi connectivity index (χ3v) is 3.74. The number of aromatic nitrogens is 1. The van der Waals surface area contributed by atoms with E-state index in [1.165, 1.54) is 12.3 Å². The van der Waals surface area contributed by atoms with Gasteiger partial charge in [0.2, 0.25) is 0 Å². The highest BCUT2D eigenvalue weighted by atomic mass is 16.5. The molecule has 0 unspecified atom stereocenters. The number of nitrogens with zero attached hydrogens (tertiary/aromatic N) is 1. The lowest BCUT2D eigenvalue weighted by Gasteiger charge is -2.08. The lowest BCUT2D eigenvalue weighted by atomic mass is 10.2. The van der Waals surface area contributed by atoms with E-state index in [0.717, 1.165) is 25.0 Å². The van der Waals surface area contributed by atoms with E-state index in [9.17, 15) is 9.59 Å². The maximum atomic E-state index is 12.4. The predicted molar refractivity (Wildman–Crippen MR) is 102 cm³/mol. The monoisotopic (exact) mass is 355 g/mol. The summed E-state index contributed by atoms with van der Waals surface area (Å²) in [6.07, 6.45) is 4.58. The molecule has 0 spiro atoms. The highest BCUT2D eigenvalue weighted by Gasteiger charge is 2.12. The van der Waals surface area contributed by atoms with Gasteiger partial charge in [-0.2, -0.15) is 0 Å². The second-order valence-electron chi connectivity index (χ2n) is 5.80. The van der Waals surface area contributed by atoms with Gasteiger partial charge in [-0.1, -0.05) is 19.8 Å². The summed E-state index contributed by atoms with van der Waals surface area (Å²) in [4.78, 5) is 28.6. The maximum Gasteiger partial charge on any atom is 0.274 e. The van der Waals surface area contributed by atoms with Crippen molar-refractivity contribution >= 4 is 17.5 Å². The lowest BCUT2D eigenvalue weighted by molar-refractivity contribution is 0.0953. The molecule has 2 amide bonds. The molecule has 0 aliphatic heterocycles. The molecule has 1 aromatic heterocycles. The molecule has 0 bridgehead atoms. The zero-order chi connectivity index (χ0) is 18.8. The van der Waals surface area contributed by atoms with Crippen LogP contribution >= 0.6 is 0 Å². The number of ether oxygens (including phenoxy) is 1. The first-order chi connectivity index (χ1) is 12.6. The first-order valence-electron chi connectivity index (χ1n) is 8.92. The third kappa shape index (κ3) is 5.88. The molecule has 0 aliphatic rings. The Morgan fingerprint density at radius 1 is 1.04 bits per heavy atom. The van der Waals surface area contributed by atoms with Crippen molar-refractivity contribution in [3.8, 4) is 5.75 Å². The maximum absolute atomic E-state index is 12.4. The summed E-state index contributed by atoms with van der Waals surface area (Å²) in [6, 6.07) is 10.2. The molecule has 2 rings (SSSR count). The van der Waals surface area contributed by atoms with Crippen LogP contribution in [0.25, 0.3) is 0 Å². The molecule has 0 aliphatic carbocycles. The van der Waals surface area contributed by atoms with E-state index in [2.05, 4.69) is 22.5 Å². The van der Waals surface area contributed by atoms with E-state index < -0.39 is 0 Å². The SMILES string of the molecule is CCCCCNC(=O)c1ccnc(C(=O)Nc2ccc(OCC)cc2)c1. The van der Waals surface area contributed by atoms with E-state index in [0.29, 0.717) is 24.4 Å². The molecule has 6 nitrogen and oxygen atoms in total. The summed E-state index contributed by atoms with van der Waals surface area (Å²) < 4.78 is 5.37. The fourth-order valence-corrected chi connectivity index (χ4v) is 2.37. The number of hydrogen-bond acceptors (Lipinski definition) is 4. The molecule has 0 radical (unpaired) electrons. The van der Waals surface area contributed by atoms with Crippen molar-refractivity contribution in [3.05, 3.63) is 53.9 Å². The lowest BCUT2D eigenvalue weighted by Crippen LogP contribution is -2.25. The summed E-state index contributed by atoms with van der Waals surface area (Å²) >= 11 is 0. The highest BCUT2D eigenvalue weighted by Crippen LogP contribution is 2.16. The number of hydrogen-bond donors (Lipinski definition) is 2. The van der Waals surface area contributed by atoms with Crippen LogP contribution in [0.4, 0.5) is 5.69 Å². The van der Waals surface area contributed by atoms with Crippen LogP contribution in [0.1, 0.15) is 54.0 Å². The third-order valence-electron chi connectivity index (χ3n) is 3.74. The van der Waals surface area contributed by atoms with Crippen LogP contribution in [0.15, 0.2) is 42.6 Å². The van der Waals surface area contributed by atoms with Gasteiger partial charge in [0, 0.05) is 24.0 Å². The smallest absolute Gasteiger partial charge is 0.274 e. The Morgan fingerprint density at radius 3 is 2.50 bits per heavy atom. The van der Waals surface area contributed by atoms with Crippen molar-refractivity contribution in [1.82, 2.24) is 10.3 Å². The Kier molecular flexibility index (Phi) is 7.61. The van der Waals surface area contributed by atoms with Crippen LogP contribution in [0, 0.1) is 0 Å². The van der Waals surface area contributed by atoms with Gasteiger partial charge < -0.3 is 15.4 Å². The molecule has 0 saturated heterocycles. The molecule has 0 atom stereocenters. The van der Waals surface area contributed by atoms with Crippen molar-refractivity contribution in [2.45, 2.75) is 33.1 Å². The first-order valence-corrected chi connectivity index (χ1v) is 8.92. The summed E-state index contributed by atoms with van der Waals surface area (Å²) in [6.45, 7) is 5.24. The second-order valence-corrected chi connectivity index (χ2v) is 5.80. The molecule has 2 N–H and O–H groups in total. The highest BCUT2D eigenvalue weighted by molar-refractivity contribution is 6.04. The van der Waals surface area contributed by atoms with Crippen molar-refractivity contribution in [2.24, 2.45) is 0 Å². The first kappa shape index (κ1) is 19.4. The molecule has 26 heavy (non-hydrogen) atoms. The quantitative estimate of drug-likeness (QED) is 0.673. The Hall–Kier alpha value is -2.89. The standard InChI is InChI=1S/C20H25N3O3/c1-3-5-6-12-22-19(24)15-11-13-21-18(14-15)20(25)23-16-7-9-17(10-8-16)26-4-2/h7-11,13-14H,3-6,12H2,1-2H3,(H,22,24)(H,23,25). The predicted octanol–water partition coefficient (Wildman–Crippen LogP) is 3.65. The van der Waals surface area contributed by atoms with Crippen LogP contribution in [0.2, 0.25) is 0 Å². The number of amides is 2. The van der Waals surface area contributed by atoms with Gasteiger partial charge in [-0.3, -0.25) is 14.6 Å². The van der Waals surface area contributed by atoms with Crippen molar-refractivity contribution < 1.29 is 14.3 Å². The Morgan fingerprint density at radius 2 is 1.81 bits per heavy atom. The fraction of sp³-hybridized carbons (Fsp3) is 0.350. The Balaban J connectivity index is 1.97. The molecule has 2 aromatic rings. The second kappa shape index (κ2) is 10.2. The van der Waals surface area contributed by atoms with E-state index >= 15 is 0 Å². The average molecular weight is 355 g/mol. The number of unbranched alkanes of at least 4 members (excludes halogenated alkanes) is 2. The van der Waals surface area contributed by atoms with Gasteiger partial charge >= 0.3 is 0 Å². The summed E-state index contributed by atoms with van der Waals surface area (Å²) in [5.74, 6) is 0.179. The van der Waals surface area contributed by atoms with Crippen LogP contribution in [-0.4, -0.2) is 29.9 Å². The van der Waals surface area contributed by atoms with Gasteiger partial charge in [-0.25, -0.2) is 0 Å². The minimum absolute atomic E-state index is 0.195. The molecule has 138 valence electrons. The average Bonchev–Trinajstić information content (AvgIpc) is 2.67. The van der Waals surface area contributed by atoms with Gasteiger partial charge in [-0.15, -0.1) is 0 Å². The minimum Gasteiger partial charge on any atom is -0.494 e. The van der Waals surface area contributed by atoms with Crippen LogP contribution in [-0.2, 0) is 0 Å². The van der Waals surface area contributed by atoms with Gasteiger partial charge in [-0.05, 0) is 49.7 Å². The molecule has 6 heteroatoms. The Bertz CT molecular complexity index is 729. The van der Waals surface area contributed by atoms with Crippen LogP contribution in [0.5, 0.6) is 5.75 Å². The Labute approximate surface area is 154 Å². The van der Waals surface area contributed by atoms with E-state index in [1.807, 2.05) is 6.92 Å². The fourth-order valence-electron chi connectivity index (χ4n) is 2.37. The minimum atomic E-state index is -0.366. The van der Waals surface area contributed by atoms with Gasteiger partial charge in [0.05, 0.1) is 6.61 Å². The topological polar surface area (TPSA) is 80.3 Å². The van der Waals surface area contributed by atoms with Crippen LogP contribution < -0.4 is 15.4 Å². The molecular weight excluding hydrogens is 330 g/mol. The molecule has 1 heterocycles. The molecule has 0 saturated carbocycles. The normalized spacial score (nSPS) is 10.2. The number of anilines is 1. The zero-order valence-corrected chi connectivity index (χ0v) is 15.2. The van der Waals surface area contributed by atoms with Crippen LogP contribution in [0.3, 0.4) is 0 Å². The van der Waals surface area contributed by atoms with E-state index in [-0.39, 0.29) is 17.5 Å². The van der Waals surface area contributed by atoms with E-state index in [1.54, 1.807) is 30.3 Å². The molecule has 1 aromatic carbocycles. The number of rotatable bonds is 9. The van der Waals surface area contributed by atoms with Gasteiger partial charge in [0.1, 0.15) is 11.4 Å². The van der Waals surface area contributed by atoms with Crippen molar-refractivity contribution in [3.63, 3.8) is 0 Å². The van der Waals surface area contributed by atoms with Gasteiger partial charge in [0.15, 0.2) is 0 Å². The number of nitrogens with one attached hydrogen (secondary N) is 2. The largest absolute Gasteiger partial charge is 0.494 e.